The highest BCUT2D eigenvalue weighted by atomic mass is 32.2. The van der Waals surface area contributed by atoms with E-state index in [1.54, 1.807) is 0 Å². The van der Waals surface area contributed by atoms with Crippen LogP contribution in [0.5, 0.6) is 0 Å². The molecule has 0 atom stereocenters. The monoisotopic (exact) mass is 795 g/mol. The van der Waals surface area contributed by atoms with Crippen molar-refractivity contribution in [2.45, 2.75) is 9.79 Å². The molecule has 0 radical (unpaired) electrons. The summed E-state index contributed by atoms with van der Waals surface area (Å²) in [6.45, 7) is 0. The number of nitrogens with zero attached hydrogens (tertiary/aromatic N) is 5. The fourth-order valence-corrected chi connectivity index (χ4v) is 10.6. The fourth-order valence-electron chi connectivity index (χ4n) is 9.45. The van der Waals surface area contributed by atoms with Crippen LogP contribution in [0.1, 0.15) is 0 Å². The molecule has 284 valence electrons. The molecule has 9 aromatic carbocycles. The lowest BCUT2D eigenvalue weighted by Crippen LogP contribution is -2.06. The predicted octanol–water partition coefficient (Wildman–Crippen LogP) is 14.4. The van der Waals surface area contributed by atoms with Gasteiger partial charge in [0.25, 0.3) is 0 Å². The number of aromatic nitrogens is 5. The van der Waals surface area contributed by atoms with Crippen LogP contribution in [0.15, 0.2) is 210 Å². The Morgan fingerprint density at radius 3 is 1.66 bits per heavy atom. The van der Waals surface area contributed by atoms with Crippen LogP contribution in [0.25, 0.3) is 111 Å². The number of benzene rings is 9. The summed E-state index contributed by atoms with van der Waals surface area (Å²) in [7, 11) is 0. The Bertz CT molecular complexity index is 3660. The zero-order chi connectivity index (χ0) is 40.0. The average molecular weight is 796 g/mol. The summed E-state index contributed by atoms with van der Waals surface area (Å²) in [6, 6.07) is 71.5. The minimum absolute atomic E-state index is 0.587. The summed E-state index contributed by atoms with van der Waals surface area (Å²) < 4.78 is 4.62. The molecule has 4 heterocycles. The first-order valence-corrected chi connectivity index (χ1v) is 21.3. The highest BCUT2D eigenvalue weighted by Gasteiger charge is 2.25. The molecule has 0 bridgehead atoms. The van der Waals surface area contributed by atoms with E-state index in [4.69, 9.17) is 15.0 Å². The normalized spacial score (nSPS) is 12.2. The van der Waals surface area contributed by atoms with Crippen molar-refractivity contribution in [3.05, 3.63) is 200 Å². The maximum atomic E-state index is 5.14. The van der Waals surface area contributed by atoms with Gasteiger partial charge >= 0.3 is 0 Å². The van der Waals surface area contributed by atoms with Crippen LogP contribution in [-0.2, 0) is 0 Å². The van der Waals surface area contributed by atoms with Crippen molar-refractivity contribution >= 4 is 66.1 Å². The van der Waals surface area contributed by atoms with Crippen LogP contribution in [0.2, 0.25) is 0 Å². The van der Waals surface area contributed by atoms with Crippen molar-refractivity contribution in [3.63, 3.8) is 0 Å². The molecule has 0 aliphatic carbocycles. The summed E-state index contributed by atoms with van der Waals surface area (Å²) in [6.07, 6.45) is 0. The van der Waals surface area contributed by atoms with E-state index in [-0.39, 0.29) is 0 Å². The Morgan fingerprint density at radius 2 is 0.918 bits per heavy atom. The highest BCUT2D eigenvalue weighted by molar-refractivity contribution is 7.99. The molecule has 5 nitrogen and oxygen atoms in total. The largest absolute Gasteiger partial charge is 0.309 e. The highest BCUT2D eigenvalue weighted by Crippen LogP contribution is 2.52. The van der Waals surface area contributed by atoms with E-state index in [0.717, 1.165) is 44.2 Å². The Kier molecular flexibility index (Phi) is 7.47. The summed E-state index contributed by atoms with van der Waals surface area (Å²) >= 11 is 1.87. The molecule has 0 fully saturated rings. The van der Waals surface area contributed by atoms with E-state index in [1.165, 1.54) is 59.1 Å². The third-order valence-corrected chi connectivity index (χ3v) is 13.3. The van der Waals surface area contributed by atoms with E-state index in [9.17, 15) is 0 Å². The maximum absolute atomic E-state index is 5.14. The minimum atomic E-state index is 0.587. The second-order valence-electron chi connectivity index (χ2n) is 15.6. The summed E-state index contributed by atoms with van der Waals surface area (Å²) in [4.78, 5) is 17.8. The van der Waals surface area contributed by atoms with Gasteiger partial charge in [-0.3, -0.25) is 4.57 Å². The third kappa shape index (κ3) is 5.26. The van der Waals surface area contributed by atoms with Crippen molar-refractivity contribution in [2.24, 2.45) is 0 Å². The molecule has 0 unspecified atom stereocenters. The Morgan fingerprint density at radius 1 is 0.328 bits per heavy atom. The van der Waals surface area contributed by atoms with Crippen LogP contribution >= 0.6 is 11.8 Å². The van der Waals surface area contributed by atoms with Crippen molar-refractivity contribution in [3.8, 4) is 56.7 Å². The van der Waals surface area contributed by atoms with Gasteiger partial charge in [-0.15, -0.1) is 0 Å². The first kappa shape index (κ1) is 34.1. The second-order valence-corrected chi connectivity index (χ2v) is 16.7. The molecule has 1 aliphatic rings. The lowest BCUT2D eigenvalue weighted by atomic mass is 9.92. The summed E-state index contributed by atoms with van der Waals surface area (Å²) in [5, 5.41) is 7.47. The van der Waals surface area contributed by atoms with Crippen LogP contribution < -0.4 is 0 Å². The predicted molar refractivity (Wildman–Crippen MR) is 252 cm³/mol. The molecule has 61 heavy (non-hydrogen) atoms. The third-order valence-electron chi connectivity index (χ3n) is 12.2. The average Bonchev–Trinajstić information content (AvgIpc) is 3.85. The molecular weight excluding hydrogens is 763 g/mol. The van der Waals surface area contributed by atoms with E-state index < -0.39 is 0 Å². The fraction of sp³-hybridized carbons (Fsp3) is 0. The second kappa shape index (κ2) is 13.4. The molecule has 0 saturated carbocycles. The molecule has 0 N–H and O–H groups in total. The van der Waals surface area contributed by atoms with Gasteiger partial charge in [0.2, 0.25) is 5.95 Å². The molecule has 0 spiro atoms. The quantitative estimate of drug-likeness (QED) is 0.174. The Balaban J connectivity index is 1.00. The lowest BCUT2D eigenvalue weighted by Gasteiger charge is -2.22. The van der Waals surface area contributed by atoms with Crippen molar-refractivity contribution in [1.29, 1.82) is 0 Å². The number of hydrogen-bond donors (Lipinski definition) is 0. The molecule has 12 aromatic rings. The van der Waals surface area contributed by atoms with Gasteiger partial charge in [-0.25, -0.2) is 4.98 Å². The standard InChI is InChI=1S/C55H33N5S/c1-4-15-34(16-5-1)53-56-54(35-17-6-2-7-18-35)58-55(57-53)60-45-24-12-10-21-39(45)42-31-36(27-29-47(42)60)37-28-30-49-43(32-37)44-33-48-51(41-23-14-26-50(61-49)52(41)44)40-22-11-13-25-46(40)59(48)38-19-8-3-9-20-38/h1-33H. The van der Waals surface area contributed by atoms with Crippen molar-refractivity contribution in [1.82, 2.24) is 24.1 Å². The van der Waals surface area contributed by atoms with Gasteiger partial charge in [-0.1, -0.05) is 151 Å². The summed E-state index contributed by atoms with van der Waals surface area (Å²) in [5.41, 5.74) is 12.4. The molecule has 1 aliphatic heterocycles. The van der Waals surface area contributed by atoms with Gasteiger partial charge in [0.1, 0.15) is 0 Å². The van der Waals surface area contributed by atoms with Gasteiger partial charge in [0, 0.05) is 53.5 Å². The first-order chi connectivity index (χ1) is 30.2. The van der Waals surface area contributed by atoms with Crippen molar-refractivity contribution in [2.75, 3.05) is 0 Å². The van der Waals surface area contributed by atoms with E-state index in [2.05, 4.69) is 149 Å². The van der Waals surface area contributed by atoms with Gasteiger partial charge in [0.15, 0.2) is 11.6 Å². The topological polar surface area (TPSA) is 48.5 Å². The molecular formula is C55H33N5S. The molecule has 0 saturated heterocycles. The van der Waals surface area contributed by atoms with Crippen LogP contribution in [0.4, 0.5) is 0 Å². The number of rotatable bonds is 5. The smallest absolute Gasteiger partial charge is 0.238 e. The van der Waals surface area contributed by atoms with E-state index >= 15 is 0 Å². The van der Waals surface area contributed by atoms with Crippen LogP contribution in [0, 0.1) is 0 Å². The van der Waals surface area contributed by atoms with Gasteiger partial charge in [0.05, 0.1) is 22.1 Å². The number of fused-ring (bicyclic) bond motifs is 9. The van der Waals surface area contributed by atoms with Gasteiger partial charge in [-0.05, 0) is 88.3 Å². The minimum Gasteiger partial charge on any atom is -0.309 e. The Hall–Kier alpha value is -7.80. The molecule has 6 heteroatoms. The van der Waals surface area contributed by atoms with E-state index in [1.807, 2.05) is 72.4 Å². The lowest BCUT2D eigenvalue weighted by molar-refractivity contribution is 0.953. The SMILES string of the molecule is c1ccc(-c2nc(-c3ccccc3)nc(-n3c4ccccc4c4cc(-c5ccc6c(c5)-c5cc7c(c8cccc(c58)S6)c5ccccc5n7-c5ccccc5)ccc43)n2)cc1. The molecule has 0 amide bonds. The maximum Gasteiger partial charge on any atom is 0.238 e. The molecule has 3 aromatic heterocycles. The summed E-state index contributed by atoms with van der Waals surface area (Å²) in [5.74, 6) is 1.86. The molecule has 13 rings (SSSR count). The van der Waals surface area contributed by atoms with Gasteiger partial charge < -0.3 is 4.57 Å². The van der Waals surface area contributed by atoms with Crippen molar-refractivity contribution < 1.29 is 0 Å². The number of hydrogen-bond acceptors (Lipinski definition) is 4. The first-order valence-electron chi connectivity index (χ1n) is 20.5. The van der Waals surface area contributed by atoms with E-state index in [0.29, 0.717) is 17.6 Å². The zero-order valence-corrected chi connectivity index (χ0v) is 33.5. The Labute approximate surface area is 355 Å². The van der Waals surface area contributed by atoms with Crippen LogP contribution in [0.3, 0.4) is 0 Å². The van der Waals surface area contributed by atoms with Crippen LogP contribution in [-0.4, -0.2) is 24.1 Å². The number of para-hydroxylation sites is 3. The van der Waals surface area contributed by atoms with Gasteiger partial charge in [-0.2, -0.15) is 9.97 Å². The zero-order valence-electron chi connectivity index (χ0n) is 32.7.